The molecule has 0 aliphatic carbocycles. The SMILES string of the molecule is Nc1c(F)c(S(N)(=O)=O)c(F)c(N)c1[SH](=O)=O. The molecule has 0 aromatic heterocycles. The van der Waals surface area contributed by atoms with Gasteiger partial charge in [-0.1, -0.05) is 0 Å². The van der Waals surface area contributed by atoms with Crippen molar-refractivity contribution in [3.8, 4) is 0 Å². The average molecular weight is 287 g/mol. The molecule has 7 nitrogen and oxygen atoms in total. The molecule has 0 saturated carbocycles. The minimum absolute atomic E-state index is 1.01. The first-order valence-corrected chi connectivity index (χ1v) is 6.54. The van der Waals surface area contributed by atoms with E-state index in [4.69, 9.17) is 11.5 Å². The highest BCUT2D eigenvalue weighted by atomic mass is 32.2. The van der Waals surface area contributed by atoms with Crippen molar-refractivity contribution in [1.82, 2.24) is 0 Å². The summed E-state index contributed by atoms with van der Waals surface area (Å²) >= 11 is 0. The van der Waals surface area contributed by atoms with Gasteiger partial charge >= 0.3 is 0 Å². The fraction of sp³-hybridized carbons (Fsp3) is 0. The Morgan fingerprint density at radius 1 is 1.00 bits per heavy atom. The van der Waals surface area contributed by atoms with Crippen LogP contribution < -0.4 is 16.6 Å². The minimum atomic E-state index is -4.76. The molecule has 96 valence electrons. The first kappa shape index (κ1) is 13.6. The van der Waals surface area contributed by atoms with Gasteiger partial charge in [-0.15, -0.1) is 0 Å². The van der Waals surface area contributed by atoms with Gasteiger partial charge in [-0.2, -0.15) is 0 Å². The summed E-state index contributed by atoms with van der Waals surface area (Å²) in [6.45, 7) is 0. The van der Waals surface area contributed by atoms with Crippen LogP contribution >= 0.6 is 0 Å². The van der Waals surface area contributed by atoms with Gasteiger partial charge in [0.1, 0.15) is 4.90 Å². The van der Waals surface area contributed by atoms with Crippen molar-refractivity contribution in [1.29, 1.82) is 0 Å². The summed E-state index contributed by atoms with van der Waals surface area (Å²) in [5, 5.41) is 4.55. The smallest absolute Gasteiger partial charge is 0.244 e. The highest BCUT2D eigenvalue weighted by Gasteiger charge is 2.29. The van der Waals surface area contributed by atoms with Crippen molar-refractivity contribution < 1.29 is 25.6 Å². The van der Waals surface area contributed by atoms with Crippen LogP contribution in [-0.4, -0.2) is 16.8 Å². The standard InChI is InChI=1S/C6H7F2N3O4S2/c7-1-3(9)5(16(12)13)4(10)2(8)6(1)17(11,14)15/h16H,9-10H2,(H2,11,14,15). The van der Waals surface area contributed by atoms with Crippen molar-refractivity contribution in [2.75, 3.05) is 11.5 Å². The van der Waals surface area contributed by atoms with Crippen molar-refractivity contribution >= 4 is 32.1 Å². The Morgan fingerprint density at radius 2 is 1.35 bits per heavy atom. The molecule has 17 heavy (non-hydrogen) atoms. The highest BCUT2D eigenvalue weighted by Crippen LogP contribution is 2.33. The normalized spacial score (nSPS) is 12.0. The van der Waals surface area contributed by atoms with E-state index >= 15 is 0 Å². The number of hydrogen-bond acceptors (Lipinski definition) is 6. The van der Waals surface area contributed by atoms with Crippen LogP contribution in [0.5, 0.6) is 0 Å². The number of nitrogens with two attached hydrogens (primary N) is 3. The van der Waals surface area contributed by atoms with Crippen molar-refractivity contribution in [3.63, 3.8) is 0 Å². The van der Waals surface area contributed by atoms with Crippen LogP contribution in [0.1, 0.15) is 0 Å². The third kappa shape index (κ3) is 2.16. The van der Waals surface area contributed by atoms with E-state index in [-0.39, 0.29) is 0 Å². The number of sulfonamides is 1. The highest BCUT2D eigenvalue weighted by molar-refractivity contribution is 7.89. The summed E-state index contributed by atoms with van der Waals surface area (Å²) in [6, 6.07) is 0. The van der Waals surface area contributed by atoms with Gasteiger partial charge in [0.2, 0.25) is 10.0 Å². The van der Waals surface area contributed by atoms with E-state index in [1.165, 1.54) is 0 Å². The van der Waals surface area contributed by atoms with Crippen molar-refractivity contribution in [3.05, 3.63) is 11.6 Å². The van der Waals surface area contributed by atoms with Crippen LogP contribution in [0.25, 0.3) is 0 Å². The zero-order valence-corrected chi connectivity index (χ0v) is 9.69. The van der Waals surface area contributed by atoms with Crippen LogP contribution in [0.2, 0.25) is 0 Å². The molecule has 0 unspecified atom stereocenters. The Kier molecular flexibility index (Phi) is 3.27. The third-order valence-electron chi connectivity index (χ3n) is 1.85. The van der Waals surface area contributed by atoms with Crippen LogP contribution in [-0.2, 0) is 20.7 Å². The number of rotatable bonds is 2. The molecule has 11 heteroatoms. The number of halogens is 2. The molecule has 1 aromatic rings. The second-order valence-corrected chi connectivity index (χ2v) is 5.39. The molecule has 0 amide bonds. The molecular weight excluding hydrogens is 280 g/mol. The van der Waals surface area contributed by atoms with Gasteiger partial charge in [0.25, 0.3) is 0 Å². The maximum atomic E-state index is 13.4. The monoisotopic (exact) mass is 287 g/mol. The first-order chi connectivity index (χ1) is 7.59. The molecule has 6 N–H and O–H groups in total. The second kappa shape index (κ2) is 4.09. The summed E-state index contributed by atoms with van der Waals surface area (Å²) in [7, 11) is -8.24. The lowest BCUT2D eigenvalue weighted by molar-refractivity contribution is 0.519. The zero-order valence-electron chi connectivity index (χ0n) is 7.98. The quantitative estimate of drug-likeness (QED) is 0.394. The number of hydrogen-bond donors (Lipinski definition) is 4. The lowest BCUT2D eigenvalue weighted by Crippen LogP contribution is -2.19. The fourth-order valence-corrected chi connectivity index (χ4v) is 2.45. The molecular formula is C6H7F2N3O4S2. The first-order valence-electron chi connectivity index (χ1n) is 3.82. The van der Waals surface area contributed by atoms with Crippen LogP contribution in [0.4, 0.5) is 20.2 Å². The molecule has 0 bridgehead atoms. The minimum Gasteiger partial charge on any atom is -0.395 e. The molecule has 1 rings (SSSR count). The number of nitrogen functional groups attached to an aromatic ring is 2. The molecule has 0 radical (unpaired) electrons. The Hall–Kier alpha value is -1.46. The molecule has 0 aliphatic rings. The third-order valence-corrected chi connectivity index (χ3v) is 3.62. The van der Waals surface area contributed by atoms with E-state index in [2.05, 4.69) is 5.14 Å². The fourth-order valence-electron chi connectivity index (χ4n) is 1.14. The number of thiol groups is 1. The molecule has 0 fully saturated rings. The van der Waals surface area contributed by atoms with Crippen molar-refractivity contribution in [2.45, 2.75) is 9.79 Å². The van der Waals surface area contributed by atoms with Gasteiger partial charge in [-0.3, -0.25) is 0 Å². The Balaban J connectivity index is 3.97. The number of primary sulfonamides is 1. The van der Waals surface area contributed by atoms with E-state index < -0.39 is 53.5 Å². The molecule has 1 aromatic carbocycles. The van der Waals surface area contributed by atoms with E-state index in [1.54, 1.807) is 0 Å². The Labute approximate surface area is 96.2 Å². The maximum absolute atomic E-state index is 13.4. The summed E-state index contributed by atoms with van der Waals surface area (Å²) in [4.78, 5) is -2.57. The van der Waals surface area contributed by atoms with Gasteiger partial charge in [-0.25, -0.2) is 30.8 Å². The molecule has 0 spiro atoms. The van der Waals surface area contributed by atoms with Gasteiger partial charge in [0, 0.05) is 0 Å². The predicted octanol–water partition coefficient (Wildman–Crippen LogP) is -1.25. The van der Waals surface area contributed by atoms with Crippen LogP contribution in [0, 0.1) is 11.6 Å². The molecule has 0 aliphatic heterocycles. The van der Waals surface area contributed by atoms with Gasteiger partial charge in [-0.05, 0) is 0 Å². The van der Waals surface area contributed by atoms with E-state index in [1.807, 2.05) is 0 Å². The zero-order chi connectivity index (χ0) is 13.5. The topological polar surface area (TPSA) is 146 Å². The van der Waals surface area contributed by atoms with Crippen LogP contribution in [0.15, 0.2) is 9.79 Å². The molecule has 0 saturated heterocycles. The van der Waals surface area contributed by atoms with Gasteiger partial charge in [0.15, 0.2) is 27.2 Å². The van der Waals surface area contributed by atoms with Crippen molar-refractivity contribution in [2.24, 2.45) is 5.14 Å². The summed E-state index contributed by atoms with van der Waals surface area (Å²) < 4.78 is 70.0. The number of anilines is 2. The lowest BCUT2D eigenvalue weighted by Gasteiger charge is -2.10. The second-order valence-electron chi connectivity index (χ2n) is 2.94. The predicted molar refractivity (Wildman–Crippen MR) is 55.1 cm³/mol. The summed E-state index contributed by atoms with van der Waals surface area (Å²) in [6.07, 6.45) is 0. The lowest BCUT2D eigenvalue weighted by atomic mass is 10.2. The van der Waals surface area contributed by atoms with E-state index in [9.17, 15) is 25.6 Å². The summed E-state index contributed by atoms with van der Waals surface area (Å²) in [5.41, 5.74) is 7.86. The average Bonchev–Trinajstić information content (AvgIpc) is 2.12. The van der Waals surface area contributed by atoms with E-state index in [0.717, 1.165) is 0 Å². The van der Waals surface area contributed by atoms with E-state index in [0.29, 0.717) is 0 Å². The Morgan fingerprint density at radius 3 is 1.59 bits per heavy atom. The Bertz CT molecular complexity index is 631. The largest absolute Gasteiger partial charge is 0.395 e. The number of benzene rings is 1. The molecule has 0 atom stereocenters. The molecule has 0 heterocycles. The summed E-state index contributed by atoms with van der Waals surface area (Å²) in [5.74, 6) is -3.57. The maximum Gasteiger partial charge on any atom is 0.244 e. The van der Waals surface area contributed by atoms with Gasteiger partial charge < -0.3 is 11.5 Å². The van der Waals surface area contributed by atoms with Gasteiger partial charge in [0.05, 0.1) is 11.4 Å². The van der Waals surface area contributed by atoms with Crippen LogP contribution in [0.3, 0.4) is 0 Å².